The third-order valence-corrected chi connectivity index (χ3v) is 2.51. The Morgan fingerprint density at radius 2 is 1.93 bits per heavy atom. The summed E-state index contributed by atoms with van der Waals surface area (Å²) >= 11 is 0. The molecule has 2 rings (SSSR count). The third-order valence-electron chi connectivity index (χ3n) is 2.51. The van der Waals surface area contributed by atoms with E-state index >= 15 is 0 Å². The predicted octanol–water partition coefficient (Wildman–Crippen LogP) is 2.29. The van der Waals surface area contributed by atoms with Crippen molar-refractivity contribution in [2.75, 3.05) is 5.73 Å². The maximum absolute atomic E-state index is 5.99. The number of anilines is 1. The van der Waals surface area contributed by atoms with E-state index < -0.39 is 0 Å². The number of hydrogen-bond donors (Lipinski definition) is 1. The zero-order valence-corrected chi connectivity index (χ0v) is 9.28. The highest BCUT2D eigenvalue weighted by molar-refractivity contribution is 5.77. The molecule has 0 aliphatic carbocycles. The summed E-state index contributed by atoms with van der Waals surface area (Å²) in [5.74, 6) is 0. The third kappa shape index (κ3) is 1.73. The first-order chi connectivity index (χ1) is 7.08. The average molecular weight is 201 g/mol. The second kappa shape index (κ2) is 3.42. The van der Waals surface area contributed by atoms with Crippen molar-refractivity contribution in [1.82, 2.24) is 9.78 Å². The van der Waals surface area contributed by atoms with Crippen LogP contribution in [-0.4, -0.2) is 9.78 Å². The molecule has 0 spiro atoms. The van der Waals surface area contributed by atoms with Crippen LogP contribution in [0.25, 0.3) is 11.1 Å². The van der Waals surface area contributed by atoms with Crippen molar-refractivity contribution < 1.29 is 0 Å². The molecule has 0 bridgehead atoms. The molecular weight excluding hydrogens is 186 g/mol. The van der Waals surface area contributed by atoms with Crippen molar-refractivity contribution in [3.05, 3.63) is 35.7 Å². The fourth-order valence-electron chi connectivity index (χ4n) is 1.79. The first kappa shape index (κ1) is 9.77. The van der Waals surface area contributed by atoms with Crippen LogP contribution in [0.1, 0.15) is 11.3 Å². The van der Waals surface area contributed by atoms with E-state index in [4.69, 9.17) is 5.73 Å². The molecule has 0 atom stereocenters. The molecule has 0 amide bonds. The molecule has 0 fully saturated rings. The molecule has 3 nitrogen and oxygen atoms in total. The van der Waals surface area contributed by atoms with Crippen molar-refractivity contribution >= 4 is 5.69 Å². The first-order valence-corrected chi connectivity index (χ1v) is 4.94. The second-order valence-electron chi connectivity index (χ2n) is 3.89. The van der Waals surface area contributed by atoms with E-state index in [1.165, 1.54) is 5.56 Å². The Morgan fingerprint density at radius 3 is 2.47 bits per heavy atom. The molecule has 1 aromatic carbocycles. The van der Waals surface area contributed by atoms with Gasteiger partial charge in [0, 0.05) is 30.1 Å². The molecule has 2 N–H and O–H groups in total. The van der Waals surface area contributed by atoms with E-state index in [0.29, 0.717) is 0 Å². The lowest BCUT2D eigenvalue weighted by molar-refractivity contribution is 0.756. The zero-order valence-electron chi connectivity index (χ0n) is 9.28. The van der Waals surface area contributed by atoms with E-state index in [1.54, 1.807) is 0 Å². The molecule has 15 heavy (non-hydrogen) atoms. The van der Waals surface area contributed by atoms with Gasteiger partial charge in [-0.05, 0) is 25.5 Å². The van der Waals surface area contributed by atoms with Gasteiger partial charge in [-0.3, -0.25) is 4.68 Å². The molecule has 0 saturated carbocycles. The minimum Gasteiger partial charge on any atom is -0.398 e. The number of aryl methyl sites for hydroxylation is 3. The van der Waals surface area contributed by atoms with Crippen molar-refractivity contribution in [2.45, 2.75) is 13.8 Å². The average Bonchev–Trinajstić information content (AvgIpc) is 2.45. The lowest BCUT2D eigenvalue weighted by Gasteiger charge is -2.04. The van der Waals surface area contributed by atoms with Crippen LogP contribution in [0, 0.1) is 13.8 Å². The van der Waals surface area contributed by atoms with Gasteiger partial charge in [0.25, 0.3) is 0 Å². The Hall–Kier alpha value is -1.77. The topological polar surface area (TPSA) is 43.8 Å². The molecule has 3 heteroatoms. The SMILES string of the molecule is Cc1ccc(-c2cn(C)nc2C)c(N)c1. The highest BCUT2D eigenvalue weighted by atomic mass is 15.2. The van der Waals surface area contributed by atoms with Crippen LogP contribution in [0.2, 0.25) is 0 Å². The Kier molecular flexibility index (Phi) is 2.23. The van der Waals surface area contributed by atoms with Gasteiger partial charge in [-0.1, -0.05) is 12.1 Å². The summed E-state index contributed by atoms with van der Waals surface area (Å²) in [4.78, 5) is 0. The number of rotatable bonds is 1. The van der Waals surface area contributed by atoms with Crippen LogP contribution in [0.5, 0.6) is 0 Å². The van der Waals surface area contributed by atoms with Crippen molar-refractivity contribution in [3.8, 4) is 11.1 Å². The normalized spacial score (nSPS) is 10.6. The van der Waals surface area contributed by atoms with Crippen LogP contribution in [-0.2, 0) is 7.05 Å². The largest absolute Gasteiger partial charge is 0.398 e. The Bertz CT molecular complexity index is 498. The fraction of sp³-hybridized carbons (Fsp3) is 0.250. The summed E-state index contributed by atoms with van der Waals surface area (Å²) in [5.41, 5.74) is 11.2. The van der Waals surface area contributed by atoms with Gasteiger partial charge in [-0.2, -0.15) is 5.10 Å². The molecule has 0 aliphatic rings. The van der Waals surface area contributed by atoms with Crippen LogP contribution in [0.3, 0.4) is 0 Å². The number of nitrogen functional groups attached to an aromatic ring is 1. The number of benzene rings is 1. The molecule has 1 aromatic heterocycles. The Morgan fingerprint density at radius 1 is 1.20 bits per heavy atom. The highest BCUT2D eigenvalue weighted by Gasteiger charge is 2.08. The van der Waals surface area contributed by atoms with E-state index in [0.717, 1.165) is 22.5 Å². The predicted molar refractivity (Wildman–Crippen MR) is 62.5 cm³/mol. The van der Waals surface area contributed by atoms with E-state index in [-0.39, 0.29) is 0 Å². The molecule has 1 heterocycles. The number of nitrogens with two attached hydrogens (primary N) is 1. The van der Waals surface area contributed by atoms with Gasteiger partial charge in [0.05, 0.1) is 5.69 Å². The van der Waals surface area contributed by atoms with Crippen molar-refractivity contribution in [3.63, 3.8) is 0 Å². The molecular formula is C12H15N3. The second-order valence-corrected chi connectivity index (χ2v) is 3.89. The van der Waals surface area contributed by atoms with E-state index in [1.807, 2.05) is 37.8 Å². The summed E-state index contributed by atoms with van der Waals surface area (Å²) in [6.45, 7) is 4.03. The quantitative estimate of drug-likeness (QED) is 0.719. The van der Waals surface area contributed by atoms with Crippen LogP contribution in [0.15, 0.2) is 24.4 Å². The molecule has 0 aliphatic heterocycles. The van der Waals surface area contributed by atoms with Gasteiger partial charge in [0.1, 0.15) is 0 Å². The molecule has 2 aromatic rings. The zero-order chi connectivity index (χ0) is 11.0. The van der Waals surface area contributed by atoms with Gasteiger partial charge < -0.3 is 5.73 Å². The Labute approximate surface area is 89.5 Å². The van der Waals surface area contributed by atoms with Gasteiger partial charge in [0.2, 0.25) is 0 Å². The lowest BCUT2D eigenvalue weighted by atomic mass is 10.0. The van der Waals surface area contributed by atoms with Crippen LogP contribution in [0.4, 0.5) is 5.69 Å². The lowest BCUT2D eigenvalue weighted by Crippen LogP contribution is -1.91. The van der Waals surface area contributed by atoms with Gasteiger partial charge in [-0.15, -0.1) is 0 Å². The molecule has 0 saturated heterocycles. The minimum atomic E-state index is 0.811. The van der Waals surface area contributed by atoms with Crippen LogP contribution < -0.4 is 5.73 Å². The summed E-state index contributed by atoms with van der Waals surface area (Å²) in [5, 5.41) is 4.31. The standard InChI is InChI=1S/C12H15N3/c1-8-4-5-10(12(13)6-8)11-7-15(3)14-9(11)2/h4-7H,13H2,1-3H3. The van der Waals surface area contributed by atoms with Gasteiger partial charge in [0.15, 0.2) is 0 Å². The maximum Gasteiger partial charge on any atom is 0.0672 e. The van der Waals surface area contributed by atoms with Crippen molar-refractivity contribution in [2.24, 2.45) is 7.05 Å². The van der Waals surface area contributed by atoms with Crippen LogP contribution >= 0.6 is 0 Å². The highest BCUT2D eigenvalue weighted by Crippen LogP contribution is 2.28. The van der Waals surface area contributed by atoms with Crippen molar-refractivity contribution in [1.29, 1.82) is 0 Å². The monoisotopic (exact) mass is 201 g/mol. The molecule has 0 unspecified atom stereocenters. The summed E-state index contributed by atoms with van der Waals surface area (Å²) in [7, 11) is 1.92. The number of aromatic nitrogens is 2. The van der Waals surface area contributed by atoms with E-state index in [9.17, 15) is 0 Å². The summed E-state index contributed by atoms with van der Waals surface area (Å²) in [6.07, 6.45) is 2.00. The maximum atomic E-state index is 5.99. The first-order valence-electron chi connectivity index (χ1n) is 4.94. The number of nitrogens with zero attached hydrogens (tertiary/aromatic N) is 2. The number of hydrogen-bond acceptors (Lipinski definition) is 2. The summed E-state index contributed by atoms with van der Waals surface area (Å²) in [6, 6.07) is 6.11. The van der Waals surface area contributed by atoms with Gasteiger partial charge >= 0.3 is 0 Å². The minimum absolute atomic E-state index is 0.811. The van der Waals surface area contributed by atoms with Gasteiger partial charge in [-0.25, -0.2) is 0 Å². The van der Waals surface area contributed by atoms with E-state index in [2.05, 4.69) is 17.2 Å². The Balaban J connectivity index is 2.59. The molecule has 0 radical (unpaired) electrons. The smallest absolute Gasteiger partial charge is 0.0672 e. The fourth-order valence-corrected chi connectivity index (χ4v) is 1.79. The molecule has 78 valence electrons. The summed E-state index contributed by atoms with van der Waals surface area (Å²) < 4.78 is 1.81.